The second kappa shape index (κ2) is 8.59. The van der Waals surface area contributed by atoms with Crippen molar-refractivity contribution in [2.75, 3.05) is 13.7 Å². The standard InChI is InChI=1S/C17H27IO4Si/c1-17(2,3)23(5,6)22-12-15(16(19)20-4)21-11-13-7-9-14(18)10-8-13/h7-10,15H,11-12H2,1-6H3/t15-/m1/s1. The van der Waals surface area contributed by atoms with Gasteiger partial charge in [0.25, 0.3) is 0 Å². The van der Waals surface area contributed by atoms with Crippen molar-refractivity contribution in [3.63, 3.8) is 0 Å². The fraction of sp³-hybridized carbons (Fsp3) is 0.588. The molecule has 0 spiro atoms. The second-order valence-corrected chi connectivity index (χ2v) is 13.1. The smallest absolute Gasteiger partial charge is 0.337 e. The van der Waals surface area contributed by atoms with Crippen LogP contribution in [0.3, 0.4) is 0 Å². The Morgan fingerprint density at radius 1 is 1.22 bits per heavy atom. The van der Waals surface area contributed by atoms with Crippen molar-refractivity contribution in [1.82, 2.24) is 0 Å². The average molecular weight is 450 g/mol. The SMILES string of the molecule is COC(=O)[C@@H](CO[Si](C)(C)C(C)(C)C)OCc1ccc(I)cc1. The zero-order chi connectivity index (χ0) is 17.7. The fourth-order valence-electron chi connectivity index (χ4n) is 1.59. The number of carbonyl (C=O) groups excluding carboxylic acids is 1. The van der Waals surface area contributed by atoms with Crippen molar-refractivity contribution in [2.24, 2.45) is 0 Å². The van der Waals surface area contributed by atoms with E-state index >= 15 is 0 Å². The zero-order valence-electron chi connectivity index (χ0n) is 14.8. The Hall–Kier alpha value is -0.443. The van der Waals surface area contributed by atoms with Crippen molar-refractivity contribution >= 4 is 36.9 Å². The number of methoxy groups -OCH3 is 1. The van der Waals surface area contributed by atoms with Gasteiger partial charge in [-0.2, -0.15) is 0 Å². The van der Waals surface area contributed by atoms with Crippen molar-refractivity contribution in [2.45, 2.75) is 51.6 Å². The Kier molecular flexibility index (Phi) is 7.70. The summed E-state index contributed by atoms with van der Waals surface area (Å²) in [5.41, 5.74) is 1.02. The van der Waals surface area contributed by atoms with E-state index in [4.69, 9.17) is 13.9 Å². The molecule has 0 aliphatic rings. The van der Waals surface area contributed by atoms with E-state index in [2.05, 4.69) is 56.5 Å². The zero-order valence-corrected chi connectivity index (χ0v) is 18.0. The monoisotopic (exact) mass is 450 g/mol. The highest BCUT2D eigenvalue weighted by Gasteiger charge is 2.38. The van der Waals surface area contributed by atoms with Crippen LogP contribution in [0.15, 0.2) is 24.3 Å². The normalized spacial score (nSPS) is 13.7. The third-order valence-electron chi connectivity index (χ3n) is 4.23. The Labute approximate surface area is 154 Å². The van der Waals surface area contributed by atoms with Gasteiger partial charge < -0.3 is 13.9 Å². The number of hydrogen-bond acceptors (Lipinski definition) is 4. The Morgan fingerprint density at radius 2 is 1.78 bits per heavy atom. The van der Waals surface area contributed by atoms with E-state index in [1.165, 1.54) is 7.11 Å². The summed E-state index contributed by atoms with van der Waals surface area (Å²) in [6.07, 6.45) is -0.701. The number of carbonyl (C=O) groups is 1. The van der Waals surface area contributed by atoms with Crippen molar-refractivity contribution in [3.8, 4) is 0 Å². The first-order valence-corrected chi connectivity index (χ1v) is 11.6. The molecule has 0 fully saturated rings. The van der Waals surface area contributed by atoms with Crippen molar-refractivity contribution in [3.05, 3.63) is 33.4 Å². The highest BCUT2D eigenvalue weighted by molar-refractivity contribution is 14.1. The summed E-state index contributed by atoms with van der Waals surface area (Å²) >= 11 is 2.25. The van der Waals surface area contributed by atoms with Crippen LogP contribution < -0.4 is 0 Å². The summed E-state index contributed by atoms with van der Waals surface area (Å²) in [6, 6.07) is 8.01. The first-order chi connectivity index (χ1) is 10.6. The van der Waals surface area contributed by atoms with E-state index in [0.717, 1.165) is 9.13 Å². The molecule has 0 aliphatic heterocycles. The lowest BCUT2D eigenvalue weighted by atomic mass is 10.2. The molecule has 0 amide bonds. The van der Waals surface area contributed by atoms with Gasteiger partial charge in [0.15, 0.2) is 14.4 Å². The molecule has 130 valence electrons. The molecule has 0 aliphatic carbocycles. The maximum absolute atomic E-state index is 11.9. The number of ether oxygens (including phenoxy) is 2. The number of rotatable bonds is 7. The maximum atomic E-state index is 11.9. The number of halogens is 1. The van der Waals surface area contributed by atoms with Crippen molar-refractivity contribution in [1.29, 1.82) is 0 Å². The molecule has 0 saturated heterocycles. The van der Waals surface area contributed by atoms with Gasteiger partial charge in [0.2, 0.25) is 0 Å². The average Bonchev–Trinajstić information content (AvgIpc) is 2.47. The first kappa shape index (κ1) is 20.6. The van der Waals surface area contributed by atoms with Crippen LogP contribution >= 0.6 is 22.6 Å². The highest BCUT2D eigenvalue weighted by Crippen LogP contribution is 2.36. The van der Waals surface area contributed by atoms with Gasteiger partial charge in [-0.05, 0) is 58.4 Å². The van der Waals surface area contributed by atoms with E-state index in [-0.39, 0.29) is 11.6 Å². The summed E-state index contributed by atoms with van der Waals surface area (Å²) < 4.78 is 17.9. The topological polar surface area (TPSA) is 44.8 Å². The lowest BCUT2D eigenvalue weighted by Crippen LogP contribution is -2.44. The van der Waals surface area contributed by atoms with Crippen LogP contribution in [0, 0.1) is 3.57 Å². The van der Waals surface area contributed by atoms with E-state index < -0.39 is 20.4 Å². The molecule has 4 nitrogen and oxygen atoms in total. The van der Waals surface area contributed by atoms with E-state index in [0.29, 0.717) is 6.61 Å². The van der Waals surface area contributed by atoms with Crippen LogP contribution in [0.25, 0.3) is 0 Å². The second-order valence-electron chi connectivity index (χ2n) is 7.02. The van der Waals surface area contributed by atoms with Gasteiger partial charge in [-0.15, -0.1) is 0 Å². The molecule has 1 aromatic carbocycles. The molecule has 23 heavy (non-hydrogen) atoms. The number of benzene rings is 1. The Balaban J connectivity index is 2.66. The Morgan fingerprint density at radius 3 is 2.26 bits per heavy atom. The van der Waals surface area contributed by atoms with E-state index in [9.17, 15) is 4.79 Å². The van der Waals surface area contributed by atoms with Gasteiger partial charge in [0.05, 0.1) is 20.3 Å². The summed E-state index contributed by atoms with van der Waals surface area (Å²) in [5.74, 6) is -0.394. The van der Waals surface area contributed by atoms with Gasteiger partial charge in [-0.1, -0.05) is 32.9 Å². The predicted octanol–water partition coefficient (Wildman–Crippen LogP) is 4.37. The third-order valence-corrected chi connectivity index (χ3v) is 9.45. The third kappa shape index (κ3) is 6.52. The molecular formula is C17H27IO4Si. The molecule has 0 saturated carbocycles. The van der Waals surface area contributed by atoms with Crippen LogP contribution in [0.2, 0.25) is 18.1 Å². The van der Waals surface area contributed by atoms with Crippen molar-refractivity contribution < 1.29 is 18.7 Å². The maximum Gasteiger partial charge on any atom is 0.337 e. The first-order valence-electron chi connectivity index (χ1n) is 7.64. The van der Waals surface area contributed by atoms with Crippen LogP contribution in [0.1, 0.15) is 26.3 Å². The molecule has 0 bridgehead atoms. The van der Waals surface area contributed by atoms with Gasteiger partial charge in [-0.3, -0.25) is 0 Å². The molecule has 6 heteroatoms. The van der Waals surface area contributed by atoms with E-state index in [1.807, 2.05) is 24.3 Å². The molecule has 0 N–H and O–H groups in total. The minimum atomic E-state index is -1.93. The van der Waals surface area contributed by atoms with Crippen LogP contribution in [-0.4, -0.2) is 34.1 Å². The van der Waals surface area contributed by atoms with Crippen LogP contribution in [0.5, 0.6) is 0 Å². The molecule has 1 atom stereocenters. The summed E-state index contributed by atoms with van der Waals surface area (Å²) in [5, 5.41) is 0.0871. The molecule has 1 aromatic rings. The minimum absolute atomic E-state index is 0.0871. The minimum Gasteiger partial charge on any atom is -0.467 e. The summed E-state index contributed by atoms with van der Waals surface area (Å²) in [7, 11) is -0.560. The summed E-state index contributed by atoms with van der Waals surface area (Å²) in [6.45, 7) is 11.4. The number of esters is 1. The lowest BCUT2D eigenvalue weighted by molar-refractivity contribution is -0.157. The number of hydrogen-bond donors (Lipinski definition) is 0. The lowest BCUT2D eigenvalue weighted by Gasteiger charge is -2.36. The molecule has 0 unspecified atom stereocenters. The summed E-state index contributed by atoms with van der Waals surface area (Å²) in [4.78, 5) is 11.9. The van der Waals surface area contributed by atoms with E-state index in [1.54, 1.807) is 0 Å². The largest absolute Gasteiger partial charge is 0.467 e. The molecular weight excluding hydrogens is 423 g/mol. The molecule has 1 rings (SSSR count). The Bertz CT molecular complexity index is 508. The molecule has 0 heterocycles. The fourth-order valence-corrected chi connectivity index (χ4v) is 2.95. The predicted molar refractivity (Wildman–Crippen MR) is 103 cm³/mol. The van der Waals surface area contributed by atoms with Crippen LogP contribution in [-0.2, 0) is 25.3 Å². The molecule has 0 aromatic heterocycles. The highest BCUT2D eigenvalue weighted by atomic mass is 127. The van der Waals surface area contributed by atoms with Gasteiger partial charge in [0, 0.05) is 3.57 Å². The van der Waals surface area contributed by atoms with Gasteiger partial charge in [0.1, 0.15) is 0 Å². The molecule has 0 radical (unpaired) electrons. The van der Waals surface area contributed by atoms with Gasteiger partial charge in [-0.25, -0.2) is 4.79 Å². The van der Waals surface area contributed by atoms with Crippen LogP contribution in [0.4, 0.5) is 0 Å². The quantitative estimate of drug-likeness (QED) is 0.352. The van der Waals surface area contributed by atoms with Gasteiger partial charge >= 0.3 is 5.97 Å².